The number of nitrogens with two attached hydrogens (primary N) is 1. The third kappa shape index (κ3) is 4.56. The van der Waals surface area contributed by atoms with E-state index in [1.807, 2.05) is 18.2 Å². The second-order valence-corrected chi connectivity index (χ2v) is 5.96. The largest absolute Gasteiger partial charge is 0.329 e. The molecule has 0 fully saturated rings. The van der Waals surface area contributed by atoms with Gasteiger partial charge in [-0.2, -0.15) is 0 Å². The summed E-state index contributed by atoms with van der Waals surface area (Å²) in [6.45, 7) is -0.0820. The van der Waals surface area contributed by atoms with Crippen molar-refractivity contribution in [2.75, 3.05) is 11.9 Å². The molecule has 1 amide bonds. The number of nitrogens with zero attached hydrogens (tertiary/aromatic N) is 2. The van der Waals surface area contributed by atoms with Gasteiger partial charge in [0.2, 0.25) is 5.91 Å². The second kappa shape index (κ2) is 8.24. The molecule has 0 saturated carbocycles. The molecule has 0 aliphatic heterocycles. The Bertz CT molecular complexity index is 977. The zero-order valence-corrected chi connectivity index (χ0v) is 14.4. The molecular weight excluding hydrogens is 348 g/mol. The van der Waals surface area contributed by atoms with Gasteiger partial charge in [-0.15, -0.1) is 10.1 Å². The number of anilines is 1. The van der Waals surface area contributed by atoms with Crippen molar-refractivity contribution in [3.8, 4) is 0 Å². The molecule has 3 aromatic rings. The summed E-state index contributed by atoms with van der Waals surface area (Å²) in [5.41, 5.74) is 7.73. The first kappa shape index (κ1) is 18.3. The van der Waals surface area contributed by atoms with E-state index in [1.54, 1.807) is 42.7 Å². The van der Waals surface area contributed by atoms with E-state index in [9.17, 15) is 14.9 Å². The van der Waals surface area contributed by atoms with Crippen LogP contribution >= 0.6 is 0 Å². The van der Waals surface area contributed by atoms with Gasteiger partial charge in [0.15, 0.2) is 0 Å². The predicted molar refractivity (Wildman–Crippen MR) is 100 cm³/mol. The zero-order chi connectivity index (χ0) is 19.2. The molecular formula is C19H18N4O4. The Morgan fingerprint density at radius 3 is 2.85 bits per heavy atom. The van der Waals surface area contributed by atoms with Crippen LogP contribution in [0.25, 0.3) is 10.8 Å². The maximum absolute atomic E-state index is 12.7. The maximum Gasteiger partial charge on any atom is 0.294 e. The summed E-state index contributed by atoms with van der Waals surface area (Å²) in [6.07, 6.45) is 3.44. The van der Waals surface area contributed by atoms with Gasteiger partial charge in [-0.05, 0) is 34.7 Å². The molecule has 138 valence electrons. The Kier molecular flexibility index (Phi) is 5.58. The van der Waals surface area contributed by atoms with E-state index in [2.05, 4.69) is 15.1 Å². The number of hydrogen-bond donors (Lipinski definition) is 2. The molecule has 0 radical (unpaired) electrons. The van der Waals surface area contributed by atoms with Gasteiger partial charge in [0.1, 0.15) is 6.61 Å². The Morgan fingerprint density at radius 2 is 2.07 bits per heavy atom. The van der Waals surface area contributed by atoms with Crippen LogP contribution in [0.5, 0.6) is 0 Å². The fourth-order valence-electron chi connectivity index (χ4n) is 2.81. The van der Waals surface area contributed by atoms with Crippen LogP contribution in [-0.4, -0.2) is 22.5 Å². The summed E-state index contributed by atoms with van der Waals surface area (Å²) in [5.74, 6) is -0.841. The van der Waals surface area contributed by atoms with Gasteiger partial charge >= 0.3 is 0 Å². The van der Waals surface area contributed by atoms with Crippen molar-refractivity contribution in [3.63, 3.8) is 0 Å². The first-order valence-electron chi connectivity index (χ1n) is 8.27. The average molecular weight is 366 g/mol. The van der Waals surface area contributed by atoms with Crippen LogP contribution in [0.1, 0.15) is 17.0 Å². The van der Waals surface area contributed by atoms with Gasteiger partial charge in [0, 0.05) is 30.0 Å². The van der Waals surface area contributed by atoms with Crippen molar-refractivity contribution < 1.29 is 14.7 Å². The highest BCUT2D eigenvalue weighted by molar-refractivity contribution is 5.98. The lowest BCUT2D eigenvalue weighted by atomic mass is 9.96. The quantitative estimate of drug-likeness (QED) is 0.490. The van der Waals surface area contributed by atoms with Gasteiger partial charge in [-0.25, -0.2) is 0 Å². The predicted octanol–water partition coefficient (Wildman–Crippen LogP) is 2.62. The number of fused-ring (bicyclic) bond motifs is 1. The number of nitrogens with one attached hydrogen (secondary N) is 1. The highest BCUT2D eigenvalue weighted by Crippen LogP contribution is 2.22. The average Bonchev–Trinajstić information content (AvgIpc) is 2.67. The second-order valence-electron chi connectivity index (χ2n) is 5.96. The summed E-state index contributed by atoms with van der Waals surface area (Å²) in [6, 6.07) is 14.3. The number of rotatable bonds is 7. The highest BCUT2D eigenvalue weighted by atomic mass is 16.9. The van der Waals surface area contributed by atoms with Crippen molar-refractivity contribution in [1.82, 2.24) is 4.98 Å². The molecule has 3 N–H and O–H groups in total. The minimum absolute atomic E-state index is 0.100. The van der Waals surface area contributed by atoms with Gasteiger partial charge in [-0.1, -0.05) is 30.3 Å². The van der Waals surface area contributed by atoms with E-state index in [-0.39, 0.29) is 19.1 Å². The number of benzene rings is 2. The Morgan fingerprint density at radius 1 is 1.22 bits per heavy atom. The lowest BCUT2D eigenvalue weighted by Crippen LogP contribution is -2.27. The van der Waals surface area contributed by atoms with Crippen LogP contribution in [0.3, 0.4) is 0 Å². The van der Waals surface area contributed by atoms with Crippen molar-refractivity contribution in [2.24, 2.45) is 5.73 Å². The Balaban J connectivity index is 1.77. The number of amides is 1. The van der Waals surface area contributed by atoms with Gasteiger partial charge in [0.25, 0.3) is 5.09 Å². The third-order valence-corrected chi connectivity index (χ3v) is 4.15. The van der Waals surface area contributed by atoms with Gasteiger partial charge < -0.3 is 15.9 Å². The molecule has 0 saturated heterocycles. The zero-order valence-electron chi connectivity index (χ0n) is 14.4. The highest BCUT2D eigenvalue weighted by Gasteiger charge is 2.19. The number of carbonyl (C=O) groups excluding carboxylic acids is 1. The lowest BCUT2D eigenvalue weighted by Gasteiger charge is -2.16. The molecule has 8 nitrogen and oxygen atoms in total. The van der Waals surface area contributed by atoms with Crippen LogP contribution in [0.2, 0.25) is 0 Å². The monoisotopic (exact) mass is 366 g/mol. The first-order valence-corrected chi connectivity index (χ1v) is 8.27. The van der Waals surface area contributed by atoms with Gasteiger partial charge in [0.05, 0.1) is 5.92 Å². The molecule has 1 heterocycles. The number of carbonyl (C=O) groups is 1. The summed E-state index contributed by atoms with van der Waals surface area (Å²) in [4.78, 5) is 31.5. The minimum Gasteiger partial charge on any atom is -0.329 e. The Labute approximate surface area is 155 Å². The van der Waals surface area contributed by atoms with E-state index in [0.717, 1.165) is 10.8 Å². The SMILES string of the molecule is NCC(C(=O)Nc1ccc2cnccc2c1)c1cccc(CO[N+](=O)[O-])c1. The van der Waals surface area contributed by atoms with Crippen LogP contribution in [-0.2, 0) is 16.2 Å². The molecule has 1 unspecified atom stereocenters. The van der Waals surface area contributed by atoms with Crippen LogP contribution < -0.4 is 11.1 Å². The lowest BCUT2D eigenvalue weighted by molar-refractivity contribution is -0.763. The smallest absolute Gasteiger partial charge is 0.294 e. The first-order chi connectivity index (χ1) is 13.1. The fraction of sp³-hybridized carbons (Fsp3) is 0.158. The molecule has 8 heteroatoms. The standard InChI is InChI=1S/C19H18N4O4/c20-10-18(15-3-1-2-13(8-15)12-27-23(25)26)19(24)22-17-5-4-16-11-21-7-6-14(16)9-17/h1-9,11,18H,10,12,20H2,(H,22,24). The van der Waals surface area contributed by atoms with Crippen molar-refractivity contribution >= 4 is 22.4 Å². The summed E-state index contributed by atoms with van der Waals surface area (Å²) in [7, 11) is 0. The molecule has 0 aliphatic rings. The van der Waals surface area contributed by atoms with Crippen molar-refractivity contribution in [1.29, 1.82) is 0 Å². The van der Waals surface area contributed by atoms with E-state index in [0.29, 0.717) is 16.8 Å². The molecule has 0 bridgehead atoms. The molecule has 3 rings (SSSR count). The van der Waals surface area contributed by atoms with Crippen molar-refractivity contribution in [2.45, 2.75) is 12.5 Å². The van der Waals surface area contributed by atoms with Crippen LogP contribution in [0.15, 0.2) is 60.9 Å². The summed E-state index contributed by atoms with van der Waals surface area (Å²) >= 11 is 0. The molecule has 0 aliphatic carbocycles. The van der Waals surface area contributed by atoms with E-state index in [1.165, 1.54) is 0 Å². The molecule has 2 aromatic carbocycles. The fourth-order valence-corrected chi connectivity index (χ4v) is 2.81. The molecule has 0 spiro atoms. The maximum atomic E-state index is 12.7. The summed E-state index contributed by atoms with van der Waals surface area (Å²) < 4.78 is 0. The Hall–Kier alpha value is -3.52. The van der Waals surface area contributed by atoms with Crippen molar-refractivity contribution in [3.05, 3.63) is 82.2 Å². The van der Waals surface area contributed by atoms with E-state index in [4.69, 9.17) is 5.73 Å². The number of aromatic nitrogens is 1. The number of hydrogen-bond acceptors (Lipinski definition) is 6. The normalized spacial score (nSPS) is 11.7. The molecule has 1 atom stereocenters. The number of pyridine rings is 1. The molecule has 1 aromatic heterocycles. The summed E-state index contributed by atoms with van der Waals surface area (Å²) in [5, 5.41) is 14.3. The van der Waals surface area contributed by atoms with E-state index >= 15 is 0 Å². The van der Waals surface area contributed by atoms with E-state index < -0.39 is 11.0 Å². The minimum atomic E-state index is -0.852. The molecule has 27 heavy (non-hydrogen) atoms. The third-order valence-electron chi connectivity index (χ3n) is 4.15. The van der Waals surface area contributed by atoms with Crippen LogP contribution in [0, 0.1) is 10.1 Å². The van der Waals surface area contributed by atoms with Crippen LogP contribution in [0.4, 0.5) is 5.69 Å². The topological polar surface area (TPSA) is 120 Å². The van der Waals surface area contributed by atoms with Gasteiger partial charge in [-0.3, -0.25) is 9.78 Å².